The zero-order valence-electron chi connectivity index (χ0n) is 11.1. The van der Waals surface area contributed by atoms with Crippen LogP contribution >= 0.6 is 0 Å². The van der Waals surface area contributed by atoms with Gasteiger partial charge in [-0.3, -0.25) is 10.1 Å². The number of benzene rings is 1. The number of anilines is 1. The van der Waals surface area contributed by atoms with Crippen molar-refractivity contribution in [2.75, 3.05) is 11.9 Å². The molecular weight excluding hydrogens is 246 g/mol. The Hall–Kier alpha value is -1.66. The van der Waals surface area contributed by atoms with Crippen molar-refractivity contribution in [2.45, 2.75) is 38.5 Å². The van der Waals surface area contributed by atoms with E-state index in [0.717, 1.165) is 17.7 Å². The molecular formula is C13H19N3O3. The lowest BCUT2D eigenvalue weighted by Crippen LogP contribution is -2.60. The van der Waals surface area contributed by atoms with Crippen molar-refractivity contribution in [3.8, 4) is 0 Å². The highest BCUT2D eigenvalue weighted by molar-refractivity contribution is 5.58. The molecule has 0 bridgehead atoms. The van der Waals surface area contributed by atoms with Gasteiger partial charge in [-0.05, 0) is 25.8 Å². The van der Waals surface area contributed by atoms with Gasteiger partial charge in [0.05, 0.1) is 17.1 Å². The number of aryl methyl sites for hydroxylation is 1. The van der Waals surface area contributed by atoms with E-state index in [0.29, 0.717) is 6.61 Å². The van der Waals surface area contributed by atoms with Gasteiger partial charge in [-0.2, -0.15) is 0 Å². The van der Waals surface area contributed by atoms with Crippen molar-refractivity contribution >= 4 is 11.4 Å². The average Bonchev–Trinajstić information content (AvgIpc) is 2.37. The second-order valence-electron chi connectivity index (χ2n) is 4.82. The molecule has 1 aliphatic carbocycles. The van der Waals surface area contributed by atoms with Gasteiger partial charge in [0.25, 0.3) is 5.69 Å². The molecule has 0 amide bonds. The summed E-state index contributed by atoms with van der Waals surface area (Å²) in [7, 11) is 0. The smallest absolute Gasteiger partial charge is 0.271 e. The first-order chi connectivity index (χ1) is 9.02. The van der Waals surface area contributed by atoms with Gasteiger partial charge in [0.1, 0.15) is 0 Å². The minimum Gasteiger partial charge on any atom is -0.378 e. The predicted molar refractivity (Wildman–Crippen MR) is 73.3 cm³/mol. The van der Waals surface area contributed by atoms with E-state index in [4.69, 9.17) is 10.5 Å². The van der Waals surface area contributed by atoms with Gasteiger partial charge in [0, 0.05) is 30.5 Å². The number of nitro groups is 1. The Morgan fingerprint density at radius 3 is 2.89 bits per heavy atom. The summed E-state index contributed by atoms with van der Waals surface area (Å²) in [5, 5.41) is 14.1. The fourth-order valence-corrected chi connectivity index (χ4v) is 2.29. The molecule has 0 radical (unpaired) electrons. The average molecular weight is 265 g/mol. The maximum atomic E-state index is 10.8. The number of hydrogen-bond acceptors (Lipinski definition) is 5. The maximum absolute atomic E-state index is 10.8. The lowest BCUT2D eigenvalue weighted by molar-refractivity contribution is -0.384. The van der Waals surface area contributed by atoms with Crippen LogP contribution in [0.3, 0.4) is 0 Å². The van der Waals surface area contributed by atoms with E-state index < -0.39 is 4.92 Å². The Bertz CT molecular complexity index is 476. The van der Waals surface area contributed by atoms with Crippen LogP contribution < -0.4 is 11.1 Å². The van der Waals surface area contributed by atoms with Crippen LogP contribution in [-0.4, -0.2) is 29.7 Å². The Balaban J connectivity index is 2.13. The monoisotopic (exact) mass is 265 g/mol. The first-order valence-corrected chi connectivity index (χ1v) is 6.41. The second-order valence-corrected chi connectivity index (χ2v) is 4.82. The Morgan fingerprint density at radius 1 is 1.58 bits per heavy atom. The molecule has 6 heteroatoms. The van der Waals surface area contributed by atoms with Gasteiger partial charge in [-0.25, -0.2) is 0 Å². The lowest BCUT2D eigenvalue weighted by Gasteiger charge is -2.43. The molecule has 3 unspecified atom stereocenters. The number of rotatable bonds is 5. The van der Waals surface area contributed by atoms with Crippen LogP contribution in [0.4, 0.5) is 11.4 Å². The quantitative estimate of drug-likeness (QED) is 0.626. The topological polar surface area (TPSA) is 90.4 Å². The van der Waals surface area contributed by atoms with E-state index in [-0.39, 0.29) is 23.9 Å². The fraction of sp³-hybridized carbons (Fsp3) is 0.538. The number of nitro benzene ring substituents is 1. The number of nitrogens with two attached hydrogens (primary N) is 1. The molecule has 104 valence electrons. The van der Waals surface area contributed by atoms with Gasteiger partial charge in [0.2, 0.25) is 0 Å². The van der Waals surface area contributed by atoms with Gasteiger partial charge in [-0.1, -0.05) is 6.07 Å². The van der Waals surface area contributed by atoms with Crippen molar-refractivity contribution in [1.82, 2.24) is 0 Å². The van der Waals surface area contributed by atoms with Crippen LogP contribution in [0.5, 0.6) is 0 Å². The van der Waals surface area contributed by atoms with Crippen LogP contribution in [0, 0.1) is 17.0 Å². The Labute approximate surface area is 112 Å². The number of ether oxygens (including phenoxy) is 1. The third kappa shape index (κ3) is 2.85. The van der Waals surface area contributed by atoms with Gasteiger partial charge >= 0.3 is 0 Å². The predicted octanol–water partition coefficient (Wildman–Crippen LogP) is 1.82. The Kier molecular flexibility index (Phi) is 4.01. The largest absolute Gasteiger partial charge is 0.378 e. The molecule has 1 aliphatic rings. The van der Waals surface area contributed by atoms with Crippen molar-refractivity contribution in [3.63, 3.8) is 0 Å². The molecule has 1 aromatic carbocycles. The molecule has 0 spiro atoms. The van der Waals surface area contributed by atoms with Crippen LogP contribution in [0.2, 0.25) is 0 Å². The van der Waals surface area contributed by atoms with E-state index in [1.807, 2.05) is 13.8 Å². The van der Waals surface area contributed by atoms with Gasteiger partial charge in [-0.15, -0.1) is 0 Å². The minimum atomic E-state index is -0.397. The molecule has 6 nitrogen and oxygen atoms in total. The number of hydrogen-bond donors (Lipinski definition) is 2. The minimum absolute atomic E-state index is 0.0145. The Morgan fingerprint density at radius 2 is 2.32 bits per heavy atom. The first kappa shape index (κ1) is 13.8. The van der Waals surface area contributed by atoms with Crippen molar-refractivity contribution < 1.29 is 9.66 Å². The summed E-state index contributed by atoms with van der Waals surface area (Å²) >= 11 is 0. The van der Waals surface area contributed by atoms with E-state index in [1.54, 1.807) is 12.1 Å². The molecule has 0 aromatic heterocycles. The molecule has 0 saturated heterocycles. The summed E-state index contributed by atoms with van der Waals surface area (Å²) in [6.45, 7) is 4.49. The van der Waals surface area contributed by atoms with E-state index >= 15 is 0 Å². The molecule has 19 heavy (non-hydrogen) atoms. The molecule has 1 fully saturated rings. The molecule has 2 rings (SSSR count). The molecule has 3 atom stereocenters. The highest BCUT2D eigenvalue weighted by Gasteiger charge is 2.39. The summed E-state index contributed by atoms with van der Waals surface area (Å²) in [5.74, 6) is 0. The number of nitrogens with one attached hydrogen (secondary N) is 1. The molecule has 1 saturated carbocycles. The third-order valence-corrected chi connectivity index (χ3v) is 3.50. The first-order valence-electron chi connectivity index (χ1n) is 6.41. The third-order valence-electron chi connectivity index (χ3n) is 3.50. The summed E-state index contributed by atoms with van der Waals surface area (Å²) in [6.07, 6.45) is 0.901. The van der Waals surface area contributed by atoms with Gasteiger partial charge in [0.15, 0.2) is 0 Å². The summed E-state index contributed by atoms with van der Waals surface area (Å²) in [4.78, 5) is 10.4. The second kappa shape index (κ2) is 5.54. The van der Waals surface area contributed by atoms with Crippen molar-refractivity contribution in [2.24, 2.45) is 5.73 Å². The summed E-state index contributed by atoms with van der Waals surface area (Å²) in [6, 6.07) is 4.82. The molecule has 1 aromatic rings. The van der Waals surface area contributed by atoms with Gasteiger partial charge < -0.3 is 15.8 Å². The standard InChI is InChI=1S/C13H19N3O3/c1-3-19-12-7-10(14)13(12)15-11-6-9(16(17)18)5-4-8(11)2/h4-6,10,12-13,15H,3,7,14H2,1-2H3. The molecule has 0 heterocycles. The number of nitrogens with zero attached hydrogens (tertiary/aromatic N) is 1. The normalized spacial score (nSPS) is 25.7. The molecule has 0 aliphatic heterocycles. The van der Waals surface area contributed by atoms with Crippen molar-refractivity contribution in [1.29, 1.82) is 0 Å². The highest BCUT2D eigenvalue weighted by Crippen LogP contribution is 2.29. The van der Waals surface area contributed by atoms with Crippen molar-refractivity contribution in [3.05, 3.63) is 33.9 Å². The SMILES string of the molecule is CCOC1CC(N)C1Nc1cc([N+](=O)[O-])ccc1C. The van der Waals surface area contributed by atoms with E-state index in [9.17, 15) is 10.1 Å². The maximum Gasteiger partial charge on any atom is 0.271 e. The summed E-state index contributed by atoms with van der Waals surface area (Å²) < 4.78 is 5.57. The zero-order valence-corrected chi connectivity index (χ0v) is 11.1. The zero-order chi connectivity index (χ0) is 14.0. The fourth-order valence-electron chi connectivity index (χ4n) is 2.29. The number of non-ortho nitro benzene ring substituents is 1. The van der Waals surface area contributed by atoms with Crippen LogP contribution in [0.15, 0.2) is 18.2 Å². The highest BCUT2D eigenvalue weighted by atomic mass is 16.6. The van der Waals surface area contributed by atoms with Crippen LogP contribution in [-0.2, 0) is 4.74 Å². The summed E-state index contributed by atoms with van der Waals surface area (Å²) in [5.41, 5.74) is 7.75. The molecule has 3 N–H and O–H groups in total. The van der Waals surface area contributed by atoms with E-state index in [2.05, 4.69) is 5.32 Å². The van der Waals surface area contributed by atoms with Crippen LogP contribution in [0.25, 0.3) is 0 Å². The van der Waals surface area contributed by atoms with Crippen LogP contribution in [0.1, 0.15) is 18.9 Å². The van der Waals surface area contributed by atoms with E-state index in [1.165, 1.54) is 6.07 Å². The lowest BCUT2D eigenvalue weighted by atomic mass is 9.83.